The quantitative estimate of drug-likeness (QED) is 0.868. The molecule has 0 bridgehead atoms. The van der Waals surface area contributed by atoms with Gasteiger partial charge in [-0.15, -0.1) is 0 Å². The summed E-state index contributed by atoms with van der Waals surface area (Å²) in [4.78, 5) is 13.9. The number of nitrogens with two attached hydrogens (primary N) is 1. The van der Waals surface area contributed by atoms with E-state index >= 15 is 0 Å². The number of benzene rings is 1. The first-order chi connectivity index (χ1) is 8.49. The standard InChI is InChI=1S/C15H24N2O/c1-5-13(9-16)15(18)17(4)10-14-7-6-11(2)8-12(14)3/h6-8,13H,5,9-10,16H2,1-4H3. The van der Waals surface area contributed by atoms with Crippen molar-refractivity contribution in [2.24, 2.45) is 11.7 Å². The molecule has 0 saturated heterocycles. The molecule has 18 heavy (non-hydrogen) atoms. The molecule has 3 nitrogen and oxygen atoms in total. The molecule has 0 saturated carbocycles. The minimum atomic E-state index is -0.0549. The molecule has 3 heteroatoms. The Morgan fingerprint density at radius 2 is 2.06 bits per heavy atom. The molecule has 2 N–H and O–H groups in total. The van der Waals surface area contributed by atoms with Crippen molar-refractivity contribution >= 4 is 5.91 Å². The molecule has 0 aliphatic heterocycles. The summed E-state index contributed by atoms with van der Waals surface area (Å²) in [5.41, 5.74) is 9.30. The highest BCUT2D eigenvalue weighted by Gasteiger charge is 2.19. The van der Waals surface area contributed by atoms with Gasteiger partial charge in [-0.3, -0.25) is 4.79 Å². The van der Waals surface area contributed by atoms with Gasteiger partial charge in [0.1, 0.15) is 0 Å². The van der Waals surface area contributed by atoms with E-state index in [2.05, 4.69) is 32.0 Å². The topological polar surface area (TPSA) is 46.3 Å². The van der Waals surface area contributed by atoms with Crippen LogP contribution >= 0.6 is 0 Å². The molecular weight excluding hydrogens is 224 g/mol. The van der Waals surface area contributed by atoms with Gasteiger partial charge in [0.15, 0.2) is 0 Å². The normalized spacial score (nSPS) is 12.3. The number of nitrogens with zero attached hydrogens (tertiary/aromatic N) is 1. The predicted molar refractivity (Wildman–Crippen MR) is 75.2 cm³/mol. The van der Waals surface area contributed by atoms with Crippen LogP contribution in [0.25, 0.3) is 0 Å². The van der Waals surface area contributed by atoms with Gasteiger partial charge in [0.05, 0.1) is 5.92 Å². The third kappa shape index (κ3) is 3.57. The Hall–Kier alpha value is -1.35. The molecule has 1 amide bonds. The van der Waals surface area contributed by atoms with E-state index in [9.17, 15) is 4.79 Å². The Kier molecular flexibility index (Phi) is 5.35. The van der Waals surface area contributed by atoms with Crippen LogP contribution in [0.4, 0.5) is 0 Å². The molecule has 0 spiro atoms. The summed E-state index contributed by atoms with van der Waals surface area (Å²) in [6, 6.07) is 6.33. The monoisotopic (exact) mass is 248 g/mol. The molecule has 1 aromatic rings. The molecule has 0 aliphatic carbocycles. The number of carbonyl (C=O) groups excluding carboxylic acids is 1. The molecule has 0 radical (unpaired) electrons. The van der Waals surface area contributed by atoms with E-state index in [1.165, 1.54) is 16.7 Å². The van der Waals surface area contributed by atoms with Crippen molar-refractivity contribution in [2.45, 2.75) is 33.7 Å². The van der Waals surface area contributed by atoms with Crippen LogP contribution in [0.5, 0.6) is 0 Å². The van der Waals surface area contributed by atoms with Crippen LogP contribution in [0.1, 0.15) is 30.0 Å². The minimum absolute atomic E-state index is 0.0549. The lowest BCUT2D eigenvalue weighted by molar-refractivity contribution is -0.134. The number of aryl methyl sites for hydroxylation is 2. The minimum Gasteiger partial charge on any atom is -0.341 e. The highest BCUT2D eigenvalue weighted by Crippen LogP contribution is 2.14. The van der Waals surface area contributed by atoms with Gasteiger partial charge in [-0.2, -0.15) is 0 Å². The highest BCUT2D eigenvalue weighted by atomic mass is 16.2. The molecule has 1 aromatic carbocycles. The van der Waals surface area contributed by atoms with Crippen molar-refractivity contribution in [3.63, 3.8) is 0 Å². The Bertz CT molecular complexity index is 411. The van der Waals surface area contributed by atoms with E-state index in [0.29, 0.717) is 13.1 Å². The van der Waals surface area contributed by atoms with E-state index in [4.69, 9.17) is 5.73 Å². The van der Waals surface area contributed by atoms with Crippen molar-refractivity contribution < 1.29 is 4.79 Å². The second kappa shape index (κ2) is 6.55. The SMILES string of the molecule is CCC(CN)C(=O)N(C)Cc1ccc(C)cc1C. The van der Waals surface area contributed by atoms with Gasteiger partial charge in [-0.1, -0.05) is 30.7 Å². The van der Waals surface area contributed by atoms with Crippen LogP contribution in [0.2, 0.25) is 0 Å². The van der Waals surface area contributed by atoms with Crippen LogP contribution in [0, 0.1) is 19.8 Å². The van der Waals surface area contributed by atoms with Gasteiger partial charge in [-0.05, 0) is 31.4 Å². The fourth-order valence-electron chi connectivity index (χ4n) is 2.11. The van der Waals surface area contributed by atoms with Gasteiger partial charge in [0.2, 0.25) is 5.91 Å². The lowest BCUT2D eigenvalue weighted by atomic mass is 10.0. The number of amides is 1. The first-order valence-corrected chi connectivity index (χ1v) is 6.50. The van der Waals surface area contributed by atoms with E-state index in [0.717, 1.165) is 6.42 Å². The summed E-state index contributed by atoms with van der Waals surface area (Å²) in [5, 5.41) is 0. The fraction of sp³-hybridized carbons (Fsp3) is 0.533. The number of carbonyl (C=O) groups is 1. The van der Waals surface area contributed by atoms with E-state index in [1.807, 2.05) is 14.0 Å². The second-order valence-corrected chi connectivity index (χ2v) is 4.97. The van der Waals surface area contributed by atoms with Gasteiger partial charge in [0, 0.05) is 20.1 Å². The van der Waals surface area contributed by atoms with Crippen LogP contribution in [0.15, 0.2) is 18.2 Å². The smallest absolute Gasteiger partial charge is 0.226 e. The molecule has 100 valence electrons. The molecule has 1 unspecified atom stereocenters. The molecular formula is C15H24N2O. The molecule has 1 rings (SSSR count). The maximum absolute atomic E-state index is 12.1. The summed E-state index contributed by atoms with van der Waals surface area (Å²) in [6.45, 7) is 7.24. The van der Waals surface area contributed by atoms with E-state index in [-0.39, 0.29) is 11.8 Å². The van der Waals surface area contributed by atoms with Gasteiger partial charge in [0.25, 0.3) is 0 Å². The molecule has 1 atom stereocenters. The van der Waals surface area contributed by atoms with E-state index in [1.54, 1.807) is 4.90 Å². The lowest BCUT2D eigenvalue weighted by Crippen LogP contribution is -2.36. The summed E-state index contributed by atoms with van der Waals surface area (Å²) >= 11 is 0. The first kappa shape index (κ1) is 14.7. The lowest BCUT2D eigenvalue weighted by Gasteiger charge is -2.23. The zero-order valence-corrected chi connectivity index (χ0v) is 11.9. The maximum atomic E-state index is 12.1. The molecule has 0 aliphatic rings. The van der Waals surface area contributed by atoms with Crippen LogP contribution in [-0.2, 0) is 11.3 Å². The maximum Gasteiger partial charge on any atom is 0.226 e. The third-order valence-corrected chi connectivity index (χ3v) is 3.41. The fourth-order valence-corrected chi connectivity index (χ4v) is 2.11. The largest absolute Gasteiger partial charge is 0.341 e. The molecule has 0 aromatic heterocycles. The Morgan fingerprint density at radius 3 is 2.56 bits per heavy atom. The summed E-state index contributed by atoms with van der Waals surface area (Å²) in [6.07, 6.45) is 0.798. The average molecular weight is 248 g/mol. The van der Waals surface area contributed by atoms with E-state index < -0.39 is 0 Å². The number of rotatable bonds is 5. The van der Waals surface area contributed by atoms with Crippen LogP contribution in [-0.4, -0.2) is 24.4 Å². The van der Waals surface area contributed by atoms with Crippen LogP contribution in [0.3, 0.4) is 0 Å². The average Bonchev–Trinajstić information content (AvgIpc) is 2.34. The zero-order valence-electron chi connectivity index (χ0n) is 11.9. The Balaban J connectivity index is 2.75. The highest BCUT2D eigenvalue weighted by molar-refractivity contribution is 5.78. The molecule has 0 fully saturated rings. The van der Waals surface area contributed by atoms with Crippen molar-refractivity contribution in [1.82, 2.24) is 4.90 Å². The van der Waals surface area contributed by atoms with Crippen molar-refractivity contribution in [3.05, 3.63) is 34.9 Å². The first-order valence-electron chi connectivity index (χ1n) is 6.50. The van der Waals surface area contributed by atoms with Gasteiger partial charge >= 0.3 is 0 Å². The number of hydrogen-bond acceptors (Lipinski definition) is 2. The van der Waals surface area contributed by atoms with Gasteiger partial charge < -0.3 is 10.6 Å². The zero-order chi connectivity index (χ0) is 13.7. The Morgan fingerprint density at radius 1 is 1.39 bits per heavy atom. The van der Waals surface area contributed by atoms with Crippen molar-refractivity contribution in [1.29, 1.82) is 0 Å². The summed E-state index contributed by atoms with van der Waals surface area (Å²) in [5.74, 6) is 0.0840. The third-order valence-electron chi connectivity index (χ3n) is 3.41. The van der Waals surface area contributed by atoms with Crippen LogP contribution < -0.4 is 5.73 Å². The predicted octanol–water partition coefficient (Wildman–Crippen LogP) is 2.25. The number of hydrogen-bond donors (Lipinski definition) is 1. The summed E-state index contributed by atoms with van der Waals surface area (Å²) < 4.78 is 0. The Labute approximate surface area is 110 Å². The second-order valence-electron chi connectivity index (χ2n) is 4.97. The molecule has 0 heterocycles. The summed E-state index contributed by atoms with van der Waals surface area (Å²) in [7, 11) is 1.85. The van der Waals surface area contributed by atoms with Gasteiger partial charge in [-0.25, -0.2) is 0 Å². The van der Waals surface area contributed by atoms with Crippen molar-refractivity contribution in [2.75, 3.05) is 13.6 Å². The van der Waals surface area contributed by atoms with Crippen molar-refractivity contribution in [3.8, 4) is 0 Å².